The van der Waals surface area contributed by atoms with Crippen LogP contribution in [0.1, 0.15) is 16.2 Å². The Morgan fingerprint density at radius 2 is 2.19 bits per heavy atom. The van der Waals surface area contributed by atoms with Gasteiger partial charge in [-0.05, 0) is 12.1 Å². The molecule has 1 saturated heterocycles. The molecule has 0 spiro atoms. The van der Waals surface area contributed by atoms with Crippen LogP contribution in [0.4, 0.5) is 0 Å². The van der Waals surface area contributed by atoms with Crippen LogP contribution in [0.3, 0.4) is 0 Å². The first-order valence-electron chi connectivity index (χ1n) is 7.13. The van der Waals surface area contributed by atoms with E-state index in [0.717, 1.165) is 50.6 Å². The van der Waals surface area contributed by atoms with Gasteiger partial charge in [0, 0.05) is 32.3 Å². The lowest BCUT2D eigenvalue weighted by Gasteiger charge is -2.26. The quantitative estimate of drug-likeness (QED) is 0.786. The number of methoxy groups -OCH3 is 1. The number of morpholine rings is 1. The highest BCUT2D eigenvalue weighted by Crippen LogP contribution is 2.11. The summed E-state index contributed by atoms with van der Waals surface area (Å²) in [4.78, 5) is 18.7. The topological polar surface area (TPSA) is 56.1 Å². The highest BCUT2D eigenvalue weighted by Gasteiger charge is 2.14. The molecule has 3 heterocycles. The molecular formula is C15H19N3O3. The summed E-state index contributed by atoms with van der Waals surface area (Å²) >= 11 is 0. The third-order valence-corrected chi connectivity index (χ3v) is 3.72. The van der Waals surface area contributed by atoms with Gasteiger partial charge in [-0.3, -0.25) is 9.30 Å². The van der Waals surface area contributed by atoms with Gasteiger partial charge >= 0.3 is 5.97 Å². The van der Waals surface area contributed by atoms with E-state index in [9.17, 15) is 4.79 Å². The van der Waals surface area contributed by atoms with Crippen molar-refractivity contribution in [3.8, 4) is 0 Å². The van der Waals surface area contributed by atoms with Crippen molar-refractivity contribution in [2.45, 2.75) is 6.42 Å². The molecule has 0 aromatic carbocycles. The normalized spacial score (nSPS) is 16.2. The van der Waals surface area contributed by atoms with Crippen LogP contribution in [-0.4, -0.2) is 60.2 Å². The van der Waals surface area contributed by atoms with Crippen molar-refractivity contribution in [2.75, 3.05) is 40.0 Å². The molecule has 1 aliphatic rings. The molecule has 2 aromatic rings. The highest BCUT2D eigenvalue weighted by atomic mass is 16.5. The van der Waals surface area contributed by atoms with Gasteiger partial charge in [-0.25, -0.2) is 9.78 Å². The summed E-state index contributed by atoms with van der Waals surface area (Å²) in [5, 5.41) is 0. The van der Waals surface area contributed by atoms with Gasteiger partial charge in [0.15, 0.2) is 0 Å². The Morgan fingerprint density at radius 1 is 1.38 bits per heavy atom. The van der Waals surface area contributed by atoms with Crippen LogP contribution in [0, 0.1) is 0 Å². The molecule has 0 radical (unpaired) electrons. The van der Waals surface area contributed by atoms with E-state index < -0.39 is 0 Å². The number of carbonyl (C=O) groups excluding carboxylic acids is 1. The maximum absolute atomic E-state index is 11.7. The first-order valence-corrected chi connectivity index (χ1v) is 7.13. The number of fused-ring (bicyclic) bond motifs is 1. The second kappa shape index (κ2) is 6.24. The average molecular weight is 289 g/mol. The molecule has 112 valence electrons. The molecule has 3 rings (SSSR count). The Kier molecular flexibility index (Phi) is 4.17. The van der Waals surface area contributed by atoms with Crippen LogP contribution < -0.4 is 0 Å². The van der Waals surface area contributed by atoms with Crippen molar-refractivity contribution in [2.24, 2.45) is 0 Å². The SMILES string of the molecule is COC(=O)c1cccc2nc(CCN3CCOCC3)cn12. The highest BCUT2D eigenvalue weighted by molar-refractivity contribution is 5.88. The maximum atomic E-state index is 11.7. The number of imidazole rings is 1. The lowest BCUT2D eigenvalue weighted by atomic mass is 10.3. The fourth-order valence-electron chi connectivity index (χ4n) is 2.55. The molecule has 0 saturated carbocycles. The molecule has 21 heavy (non-hydrogen) atoms. The van der Waals surface area contributed by atoms with Gasteiger partial charge in [0.25, 0.3) is 0 Å². The van der Waals surface area contributed by atoms with Crippen molar-refractivity contribution in [1.82, 2.24) is 14.3 Å². The summed E-state index contributed by atoms with van der Waals surface area (Å²) in [6.45, 7) is 4.51. The predicted octanol–water partition coefficient (Wildman–Crippen LogP) is 0.996. The number of hydrogen-bond donors (Lipinski definition) is 0. The van der Waals surface area contributed by atoms with E-state index in [2.05, 4.69) is 9.88 Å². The number of esters is 1. The van der Waals surface area contributed by atoms with Crippen molar-refractivity contribution in [3.63, 3.8) is 0 Å². The summed E-state index contributed by atoms with van der Waals surface area (Å²) in [5.74, 6) is -0.349. The van der Waals surface area contributed by atoms with E-state index in [1.807, 2.05) is 18.3 Å². The van der Waals surface area contributed by atoms with Crippen LogP contribution in [0.15, 0.2) is 24.4 Å². The number of ether oxygens (including phenoxy) is 2. The first kappa shape index (κ1) is 14.0. The predicted molar refractivity (Wildman–Crippen MR) is 77.5 cm³/mol. The zero-order valence-corrected chi connectivity index (χ0v) is 12.1. The first-order chi connectivity index (χ1) is 10.3. The number of hydrogen-bond acceptors (Lipinski definition) is 5. The molecule has 6 nitrogen and oxygen atoms in total. The molecule has 0 aliphatic carbocycles. The molecule has 6 heteroatoms. The lowest BCUT2D eigenvalue weighted by molar-refractivity contribution is 0.0383. The van der Waals surface area contributed by atoms with Gasteiger partial charge < -0.3 is 9.47 Å². The summed E-state index contributed by atoms with van der Waals surface area (Å²) in [5.41, 5.74) is 2.26. The largest absolute Gasteiger partial charge is 0.464 e. The van der Waals surface area contributed by atoms with Gasteiger partial charge in [-0.1, -0.05) is 6.07 Å². The summed E-state index contributed by atoms with van der Waals surface area (Å²) in [7, 11) is 1.39. The van der Waals surface area contributed by atoms with Gasteiger partial charge in [-0.2, -0.15) is 0 Å². The second-order valence-corrected chi connectivity index (χ2v) is 5.07. The molecule has 1 fully saturated rings. The number of rotatable bonds is 4. The summed E-state index contributed by atoms with van der Waals surface area (Å²) in [6, 6.07) is 5.46. The molecule has 0 atom stereocenters. The molecule has 0 amide bonds. The van der Waals surface area contributed by atoms with Crippen LogP contribution in [0.5, 0.6) is 0 Å². The smallest absolute Gasteiger partial charge is 0.355 e. The monoisotopic (exact) mass is 289 g/mol. The van der Waals surface area contributed by atoms with Crippen LogP contribution in [0.2, 0.25) is 0 Å². The van der Waals surface area contributed by atoms with E-state index in [-0.39, 0.29) is 5.97 Å². The lowest BCUT2D eigenvalue weighted by Crippen LogP contribution is -2.37. The fraction of sp³-hybridized carbons (Fsp3) is 0.467. The fourth-order valence-corrected chi connectivity index (χ4v) is 2.55. The minimum Gasteiger partial charge on any atom is -0.464 e. The molecular weight excluding hydrogens is 270 g/mol. The van der Waals surface area contributed by atoms with Gasteiger partial charge in [0.2, 0.25) is 0 Å². The standard InChI is InChI=1S/C15H19N3O3/c1-20-15(19)13-3-2-4-14-16-12(11-18(13)14)5-6-17-7-9-21-10-8-17/h2-4,11H,5-10H2,1H3. The van der Waals surface area contributed by atoms with Crippen molar-refractivity contribution in [1.29, 1.82) is 0 Å². The number of pyridine rings is 1. The van der Waals surface area contributed by atoms with Crippen LogP contribution in [0.25, 0.3) is 5.65 Å². The number of nitrogens with zero attached hydrogens (tertiary/aromatic N) is 3. The molecule has 2 aromatic heterocycles. The van der Waals surface area contributed by atoms with Crippen molar-refractivity contribution in [3.05, 3.63) is 35.8 Å². The van der Waals surface area contributed by atoms with Crippen molar-refractivity contribution >= 4 is 11.6 Å². The molecule has 0 unspecified atom stereocenters. The van der Waals surface area contributed by atoms with E-state index >= 15 is 0 Å². The molecule has 1 aliphatic heterocycles. The Bertz CT molecular complexity index is 632. The van der Waals surface area contributed by atoms with E-state index in [4.69, 9.17) is 9.47 Å². The summed E-state index contributed by atoms with van der Waals surface area (Å²) < 4.78 is 11.9. The van der Waals surface area contributed by atoms with Gasteiger partial charge in [-0.15, -0.1) is 0 Å². The number of aromatic nitrogens is 2. The van der Waals surface area contributed by atoms with E-state index in [1.165, 1.54) is 7.11 Å². The van der Waals surface area contributed by atoms with E-state index in [1.54, 1.807) is 10.5 Å². The zero-order valence-electron chi connectivity index (χ0n) is 12.1. The minimum atomic E-state index is -0.349. The van der Waals surface area contributed by atoms with Gasteiger partial charge in [0.1, 0.15) is 11.3 Å². The minimum absolute atomic E-state index is 0.349. The molecule has 0 N–H and O–H groups in total. The van der Waals surface area contributed by atoms with Crippen LogP contribution >= 0.6 is 0 Å². The maximum Gasteiger partial charge on any atom is 0.355 e. The second-order valence-electron chi connectivity index (χ2n) is 5.07. The van der Waals surface area contributed by atoms with Gasteiger partial charge in [0.05, 0.1) is 26.0 Å². The van der Waals surface area contributed by atoms with Crippen molar-refractivity contribution < 1.29 is 14.3 Å². The Labute approximate surface area is 123 Å². The van der Waals surface area contributed by atoms with E-state index in [0.29, 0.717) is 5.69 Å². The Morgan fingerprint density at radius 3 is 2.95 bits per heavy atom. The van der Waals surface area contributed by atoms with Crippen LogP contribution in [-0.2, 0) is 15.9 Å². The Balaban J connectivity index is 1.76. The molecule has 0 bridgehead atoms. The summed E-state index contributed by atoms with van der Waals surface area (Å²) in [6.07, 6.45) is 2.78. The zero-order chi connectivity index (χ0) is 14.7. The number of carbonyl (C=O) groups is 1. The third-order valence-electron chi connectivity index (χ3n) is 3.72. The third kappa shape index (κ3) is 3.06. The average Bonchev–Trinajstić information content (AvgIpc) is 2.96. The Hall–Kier alpha value is -1.92.